The normalized spacial score (nSPS) is 23.2. The van der Waals surface area contributed by atoms with Gasteiger partial charge in [-0.1, -0.05) is 0 Å². The first-order valence-electron chi connectivity index (χ1n) is 4.81. The summed E-state index contributed by atoms with van der Waals surface area (Å²) in [6.45, 7) is 3.40. The molecule has 2 rings (SSSR count). The number of amides is 3. The van der Waals surface area contributed by atoms with Gasteiger partial charge in [-0.2, -0.15) is 0 Å². The molecule has 0 atom stereocenters. The van der Waals surface area contributed by atoms with Gasteiger partial charge in [-0.3, -0.25) is 9.69 Å². The Morgan fingerprint density at radius 3 is 2.54 bits per heavy atom. The standard InChI is InChI=1S/C9H14N2O2/c1-2-11-8(12)6-10(9(11)13)5-7-3-4-7/h7H,2-6H2,1H3. The van der Waals surface area contributed by atoms with E-state index >= 15 is 0 Å². The van der Waals surface area contributed by atoms with Gasteiger partial charge in [-0.15, -0.1) is 0 Å². The quantitative estimate of drug-likeness (QED) is 0.602. The largest absolute Gasteiger partial charge is 0.327 e. The zero-order valence-electron chi connectivity index (χ0n) is 7.82. The van der Waals surface area contributed by atoms with E-state index in [0.717, 1.165) is 6.54 Å². The highest BCUT2D eigenvalue weighted by atomic mass is 16.2. The third-order valence-corrected chi connectivity index (χ3v) is 2.62. The molecule has 4 heteroatoms. The summed E-state index contributed by atoms with van der Waals surface area (Å²) >= 11 is 0. The fourth-order valence-corrected chi connectivity index (χ4v) is 1.66. The number of hydrogen-bond donors (Lipinski definition) is 0. The summed E-state index contributed by atoms with van der Waals surface area (Å²) in [4.78, 5) is 25.8. The van der Waals surface area contributed by atoms with Crippen molar-refractivity contribution in [2.45, 2.75) is 19.8 Å². The van der Waals surface area contributed by atoms with E-state index in [4.69, 9.17) is 0 Å². The molecule has 0 aromatic heterocycles. The Kier molecular flexibility index (Phi) is 1.98. The van der Waals surface area contributed by atoms with Crippen molar-refractivity contribution >= 4 is 11.9 Å². The summed E-state index contributed by atoms with van der Waals surface area (Å²) in [5.74, 6) is 0.613. The predicted molar refractivity (Wildman–Crippen MR) is 47.1 cm³/mol. The molecule has 2 fully saturated rings. The van der Waals surface area contributed by atoms with Crippen molar-refractivity contribution in [2.24, 2.45) is 5.92 Å². The van der Waals surface area contributed by atoms with E-state index < -0.39 is 0 Å². The molecule has 1 saturated carbocycles. The van der Waals surface area contributed by atoms with E-state index in [1.807, 2.05) is 6.92 Å². The number of likely N-dealkylation sites (N-methyl/N-ethyl adjacent to an activating group) is 1. The van der Waals surface area contributed by atoms with Crippen LogP contribution in [0, 0.1) is 5.92 Å². The molecule has 1 aliphatic carbocycles. The second-order valence-corrected chi connectivity index (χ2v) is 3.74. The molecule has 0 aromatic rings. The van der Waals surface area contributed by atoms with E-state index in [1.165, 1.54) is 17.7 Å². The number of imide groups is 1. The van der Waals surface area contributed by atoms with Crippen molar-refractivity contribution in [1.29, 1.82) is 0 Å². The molecule has 13 heavy (non-hydrogen) atoms. The topological polar surface area (TPSA) is 40.6 Å². The molecule has 1 saturated heterocycles. The van der Waals surface area contributed by atoms with Crippen LogP contribution in [-0.4, -0.2) is 41.4 Å². The van der Waals surface area contributed by atoms with Crippen molar-refractivity contribution in [3.05, 3.63) is 0 Å². The maximum Gasteiger partial charge on any atom is 0.327 e. The van der Waals surface area contributed by atoms with Gasteiger partial charge in [0.2, 0.25) is 5.91 Å². The molecule has 0 N–H and O–H groups in total. The van der Waals surface area contributed by atoms with Crippen LogP contribution in [0.3, 0.4) is 0 Å². The Morgan fingerprint density at radius 1 is 1.38 bits per heavy atom. The number of rotatable bonds is 3. The molecule has 1 heterocycles. The molecule has 0 bridgehead atoms. The van der Waals surface area contributed by atoms with Crippen LogP contribution >= 0.6 is 0 Å². The number of carbonyl (C=O) groups excluding carboxylic acids is 2. The summed E-state index contributed by atoms with van der Waals surface area (Å²) < 4.78 is 0. The zero-order valence-corrected chi connectivity index (χ0v) is 7.82. The average molecular weight is 182 g/mol. The minimum atomic E-state index is -0.0978. The Balaban J connectivity index is 1.98. The predicted octanol–water partition coefficient (Wildman–Crippen LogP) is 0.680. The SMILES string of the molecule is CCN1C(=O)CN(CC2CC2)C1=O. The van der Waals surface area contributed by atoms with Crippen molar-refractivity contribution < 1.29 is 9.59 Å². The molecule has 1 aliphatic heterocycles. The van der Waals surface area contributed by atoms with Crippen LogP contribution in [0.25, 0.3) is 0 Å². The van der Waals surface area contributed by atoms with E-state index in [9.17, 15) is 9.59 Å². The third-order valence-electron chi connectivity index (χ3n) is 2.62. The fourth-order valence-electron chi connectivity index (χ4n) is 1.66. The molecule has 3 amide bonds. The maximum absolute atomic E-state index is 11.5. The van der Waals surface area contributed by atoms with Gasteiger partial charge in [0.1, 0.15) is 6.54 Å². The molecule has 4 nitrogen and oxygen atoms in total. The summed E-state index contributed by atoms with van der Waals surface area (Å²) in [5.41, 5.74) is 0. The highest BCUT2D eigenvalue weighted by Crippen LogP contribution is 2.30. The van der Waals surface area contributed by atoms with Gasteiger partial charge in [0.05, 0.1) is 0 Å². The van der Waals surface area contributed by atoms with Crippen LogP contribution < -0.4 is 0 Å². The minimum Gasteiger partial charge on any atom is -0.315 e. The maximum atomic E-state index is 11.5. The van der Waals surface area contributed by atoms with E-state index in [0.29, 0.717) is 19.0 Å². The van der Waals surface area contributed by atoms with Crippen LogP contribution in [0.2, 0.25) is 0 Å². The van der Waals surface area contributed by atoms with Crippen LogP contribution in [0.15, 0.2) is 0 Å². The summed E-state index contributed by atoms with van der Waals surface area (Å²) in [5, 5.41) is 0. The van der Waals surface area contributed by atoms with Gasteiger partial charge in [0.15, 0.2) is 0 Å². The zero-order chi connectivity index (χ0) is 9.42. The summed E-state index contributed by atoms with van der Waals surface area (Å²) in [6.07, 6.45) is 2.42. The number of urea groups is 1. The van der Waals surface area contributed by atoms with Crippen molar-refractivity contribution in [1.82, 2.24) is 9.80 Å². The molecular weight excluding hydrogens is 168 g/mol. The molecule has 0 spiro atoms. The number of carbonyl (C=O) groups is 2. The van der Waals surface area contributed by atoms with Crippen molar-refractivity contribution in [2.75, 3.05) is 19.6 Å². The first-order chi connectivity index (χ1) is 6.22. The van der Waals surface area contributed by atoms with Crippen LogP contribution in [0.1, 0.15) is 19.8 Å². The van der Waals surface area contributed by atoms with Gasteiger partial charge in [0, 0.05) is 13.1 Å². The van der Waals surface area contributed by atoms with Gasteiger partial charge in [-0.05, 0) is 25.7 Å². The van der Waals surface area contributed by atoms with E-state index in [-0.39, 0.29) is 11.9 Å². The molecule has 2 aliphatic rings. The minimum absolute atomic E-state index is 0.0480. The monoisotopic (exact) mass is 182 g/mol. The average Bonchev–Trinajstić information content (AvgIpc) is 2.83. The Hall–Kier alpha value is -1.06. The fraction of sp³-hybridized carbons (Fsp3) is 0.778. The Morgan fingerprint density at radius 2 is 2.08 bits per heavy atom. The van der Waals surface area contributed by atoms with Gasteiger partial charge in [-0.25, -0.2) is 4.79 Å². The molecule has 72 valence electrons. The van der Waals surface area contributed by atoms with E-state index in [2.05, 4.69) is 0 Å². The van der Waals surface area contributed by atoms with Crippen molar-refractivity contribution in [3.63, 3.8) is 0 Å². The highest BCUT2D eigenvalue weighted by molar-refractivity contribution is 6.01. The number of hydrogen-bond acceptors (Lipinski definition) is 2. The Labute approximate surface area is 77.5 Å². The lowest BCUT2D eigenvalue weighted by molar-refractivity contribution is -0.125. The lowest BCUT2D eigenvalue weighted by Crippen LogP contribution is -2.33. The van der Waals surface area contributed by atoms with Crippen LogP contribution in [0.5, 0.6) is 0 Å². The molecule has 0 aromatic carbocycles. The van der Waals surface area contributed by atoms with Gasteiger partial charge < -0.3 is 4.90 Å². The van der Waals surface area contributed by atoms with Crippen LogP contribution in [0.4, 0.5) is 4.79 Å². The summed E-state index contributed by atoms with van der Waals surface area (Å²) in [7, 11) is 0. The van der Waals surface area contributed by atoms with Gasteiger partial charge >= 0.3 is 6.03 Å². The second-order valence-electron chi connectivity index (χ2n) is 3.74. The lowest BCUT2D eigenvalue weighted by Gasteiger charge is -2.14. The van der Waals surface area contributed by atoms with Crippen molar-refractivity contribution in [3.8, 4) is 0 Å². The smallest absolute Gasteiger partial charge is 0.315 e. The summed E-state index contributed by atoms with van der Waals surface area (Å²) in [6, 6.07) is -0.0978. The highest BCUT2D eigenvalue weighted by Gasteiger charge is 2.37. The molecular formula is C9H14N2O2. The first-order valence-corrected chi connectivity index (χ1v) is 4.81. The Bertz CT molecular complexity index is 248. The molecule has 0 radical (unpaired) electrons. The van der Waals surface area contributed by atoms with E-state index in [1.54, 1.807) is 4.90 Å². The second kappa shape index (κ2) is 3.01. The number of nitrogens with zero attached hydrogens (tertiary/aromatic N) is 2. The van der Waals surface area contributed by atoms with Gasteiger partial charge in [0.25, 0.3) is 0 Å². The molecule has 0 unspecified atom stereocenters. The van der Waals surface area contributed by atoms with Crippen LogP contribution in [-0.2, 0) is 4.79 Å². The lowest BCUT2D eigenvalue weighted by atomic mass is 10.4. The first kappa shape index (κ1) is 8.53. The third kappa shape index (κ3) is 1.53.